The summed E-state index contributed by atoms with van der Waals surface area (Å²) in [6, 6.07) is 4.53. The van der Waals surface area contributed by atoms with Crippen molar-refractivity contribution in [2.24, 2.45) is 11.7 Å². The highest BCUT2D eigenvalue weighted by molar-refractivity contribution is 5.94. The van der Waals surface area contributed by atoms with Crippen LogP contribution in [0.4, 0.5) is 4.39 Å². The number of nitrogens with one attached hydrogen (secondary N) is 1. The highest BCUT2D eigenvalue weighted by Gasteiger charge is 2.24. The number of hydrogen-bond donors (Lipinski definition) is 2. The Bertz CT molecular complexity index is 427. The monoisotopic (exact) mass is 250 g/mol. The average molecular weight is 250 g/mol. The van der Waals surface area contributed by atoms with Crippen LogP contribution in [0.5, 0.6) is 0 Å². The fourth-order valence-corrected chi connectivity index (χ4v) is 2.51. The van der Waals surface area contributed by atoms with Crippen LogP contribution in [0.25, 0.3) is 0 Å². The zero-order chi connectivity index (χ0) is 13.1. The third-order valence-corrected chi connectivity index (χ3v) is 3.55. The number of rotatable bonds is 3. The molecule has 2 atom stereocenters. The van der Waals surface area contributed by atoms with E-state index in [0.29, 0.717) is 18.0 Å². The molecule has 2 unspecified atom stereocenters. The Morgan fingerprint density at radius 3 is 2.83 bits per heavy atom. The standard InChI is InChI=1S/C14H19FN2O/c1-9-5-11(7-12(15)6-9)14(18)17-8-10-3-2-4-13(10)16/h5-7,10,13H,2-4,8,16H2,1H3,(H,17,18). The van der Waals surface area contributed by atoms with Crippen molar-refractivity contribution in [3.8, 4) is 0 Å². The molecule has 98 valence electrons. The molecule has 1 amide bonds. The third-order valence-electron chi connectivity index (χ3n) is 3.55. The third kappa shape index (κ3) is 3.07. The van der Waals surface area contributed by atoms with Gasteiger partial charge in [0.2, 0.25) is 0 Å². The van der Waals surface area contributed by atoms with Crippen LogP contribution in [0.2, 0.25) is 0 Å². The van der Waals surface area contributed by atoms with Crippen LogP contribution in [0, 0.1) is 18.7 Å². The summed E-state index contributed by atoms with van der Waals surface area (Å²) in [4.78, 5) is 11.9. The van der Waals surface area contributed by atoms with Crippen LogP contribution in [0.1, 0.15) is 35.2 Å². The lowest BCUT2D eigenvalue weighted by atomic mass is 10.0. The maximum Gasteiger partial charge on any atom is 0.251 e. The molecule has 3 nitrogen and oxygen atoms in total. The topological polar surface area (TPSA) is 55.1 Å². The summed E-state index contributed by atoms with van der Waals surface area (Å²) in [5, 5.41) is 2.84. The molecule has 1 saturated carbocycles. The molecule has 3 N–H and O–H groups in total. The van der Waals surface area contributed by atoms with Crippen molar-refractivity contribution < 1.29 is 9.18 Å². The van der Waals surface area contributed by atoms with E-state index in [1.54, 1.807) is 13.0 Å². The Kier molecular flexibility index (Phi) is 3.97. The highest BCUT2D eigenvalue weighted by atomic mass is 19.1. The molecule has 0 aliphatic heterocycles. The van der Waals surface area contributed by atoms with Gasteiger partial charge in [-0.15, -0.1) is 0 Å². The number of benzene rings is 1. The second-order valence-corrected chi connectivity index (χ2v) is 5.08. The molecule has 1 aromatic rings. The van der Waals surface area contributed by atoms with Crippen molar-refractivity contribution in [2.75, 3.05) is 6.54 Å². The lowest BCUT2D eigenvalue weighted by Gasteiger charge is -2.16. The minimum absolute atomic E-state index is 0.180. The minimum atomic E-state index is -0.377. The van der Waals surface area contributed by atoms with Crippen molar-refractivity contribution in [3.05, 3.63) is 35.1 Å². The molecule has 2 rings (SSSR count). The quantitative estimate of drug-likeness (QED) is 0.862. The van der Waals surface area contributed by atoms with E-state index >= 15 is 0 Å². The Morgan fingerprint density at radius 2 is 2.22 bits per heavy atom. The van der Waals surface area contributed by atoms with Crippen LogP contribution >= 0.6 is 0 Å². The molecule has 0 saturated heterocycles. The van der Waals surface area contributed by atoms with E-state index in [9.17, 15) is 9.18 Å². The summed E-state index contributed by atoms with van der Waals surface area (Å²) in [6.07, 6.45) is 3.21. The van der Waals surface area contributed by atoms with E-state index in [2.05, 4.69) is 5.32 Å². The van der Waals surface area contributed by atoms with E-state index < -0.39 is 0 Å². The minimum Gasteiger partial charge on any atom is -0.352 e. The zero-order valence-electron chi connectivity index (χ0n) is 10.6. The van der Waals surface area contributed by atoms with Crippen molar-refractivity contribution in [3.63, 3.8) is 0 Å². The van der Waals surface area contributed by atoms with Gasteiger partial charge in [-0.1, -0.05) is 6.42 Å². The van der Waals surface area contributed by atoms with Gasteiger partial charge in [0.1, 0.15) is 5.82 Å². The summed E-state index contributed by atoms with van der Waals surface area (Å²) in [5.41, 5.74) is 7.06. The number of aryl methyl sites for hydroxylation is 1. The summed E-state index contributed by atoms with van der Waals surface area (Å²) < 4.78 is 13.2. The number of amides is 1. The molecule has 1 aliphatic carbocycles. The lowest BCUT2D eigenvalue weighted by molar-refractivity contribution is 0.0946. The maximum atomic E-state index is 13.2. The van der Waals surface area contributed by atoms with E-state index in [1.165, 1.54) is 12.1 Å². The van der Waals surface area contributed by atoms with Gasteiger partial charge in [0.25, 0.3) is 5.91 Å². The normalized spacial score (nSPS) is 23.1. The molecule has 0 aromatic heterocycles. The smallest absolute Gasteiger partial charge is 0.251 e. The Morgan fingerprint density at radius 1 is 1.44 bits per heavy atom. The second kappa shape index (κ2) is 5.48. The SMILES string of the molecule is Cc1cc(F)cc(C(=O)NCC2CCCC2N)c1. The summed E-state index contributed by atoms with van der Waals surface area (Å²) in [6.45, 7) is 2.35. The van der Waals surface area contributed by atoms with E-state index in [1.807, 2.05) is 0 Å². The molecule has 0 bridgehead atoms. The van der Waals surface area contributed by atoms with Gasteiger partial charge in [-0.2, -0.15) is 0 Å². The molecule has 4 heteroatoms. The van der Waals surface area contributed by atoms with Crippen molar-refractivity contribution in [1.29, 1.82) is 0 Å². The molecular weight excluding hydrogens is 231 g/mol. The second-order valence-electron chi connectivity index (χ2n) is 5.08. The number of halogens is 1. The predicted octanol–water partition coefficient (Wildman–Crippen LogP) is 1.99. The number of carbonyl (C=O) groups is 1. The highest BCUT2D eigenvalue weighted by Crippen LogP contribution is 2.23. The molecule has 0 heterocycles. The van der Waals surface area contributed by atoms with Gasteiger partial charge in [0, 0.05) is 18.2 Å². The van der Waals surface area contributed by atoms with Crippen LogP contribution in [-0.2, 0) is 0 Å². The Balaban J connectivity index is 1.95. The van der Waals surface area contributed by atoms with Crippen LogP contribution in [0.3, 0.4) is 0 Å². The van der Waals surface area contributed by atoms with Crippen molar-refractivity contribution >= 4 is 5.91 Å². The van der Waals surface area contributed by atoms with E-state index in [0.717, 1.165) is 24.8 Å². The van der Waals surface area contributed by atoms with Gasteiger partial charge in [-0.05, 0) is 49.4 Å². The molecule has 1 aromatic carbocycles. The van der Waals surface area contributed by atoms with Gasteiger partial charge in [0.05, 0.1) is 0 Å². The van der Waals surface area contributed by atoms with Gasteiger partial charge < -0.3 is 11.1 Å². The largest absolute Gasteiger partial charge is 0.352 e. The van der Waals surface area contributed by atoms with Gasteiger partial charge in [-0.3, -0.25) is 4.79 Å². The predicted molar refractivity (Wildman–Crippen MR) is 68.8 cm³/mol. The molecule has 1 aliphatic rings. The first-order valence-corrected chi connectivity index (χ1v) is 6.37. The van der Waals surface area contributed by atoms with Crippen LogP contribution in [-0.4, -0.2) is 18.5 Å². The fourth-order valence-electron chi connectivity index (χ4n) is 2.51. The van der Waals surface area contributed by atoms with Crippen LogP contribution < -0.4 is 11.1 Å². The Labute approximate surface area is 107 Å². The molecule has 0 radical (unpaired) electrons. The first-order valence-electron chi connectivity index (χ1n) is 6.37. The summed E-state index contributed by atoms with van der Waals surface area (Å²) in [7, 11) is 0. The molecule has 0 spiro atoms. The zero-order valence-corrected chi connectivity index (χ0v) is 10.6. The van der Waals surface area contributed by atoms with E-state index in [-0.39, 0.29) is 17.8 Å². The molecule has 18 heavy (non-hydrogen) atoms. The van der Waals surface area contributed by atoms with Gasteiger partial charge in [-0.25, -0.2) is 4.39 Å². The average Bonchev–Trinajstić information content (AvgIpc) is 2.70. The van der Waals surface area contributed by atoms with Crippen molar-refractivity contribution in [1.82, 2.24) is 5.32 Å². The first kappa shape index (κ1) is 13.0. The number of nitrogens with two attached hydrogens (primary N) is 1. The molecule has 1 fully saturated rings. The van der Waals surface area contributed by atoms with E-state index in [4.69, 9.17) is 5.73 Å². The summed E-state index contributed by atoms with van der Waals surface area (Å²) >= 11 is 0. The van der Waals surface area contributed by atoms with Gasteiger partial charge >= 0.3 is 0 Å². The first-order chi connectivity index (χ1) is 8.56. The van der Waals surface area contributed by atoms with Crippen molar-refractivity contribution in [2.45, 2.75) is 32.2 Å². The number of hydrogen-bond acceptors (Lipinski definition) is 2. The summed E-state index contributed by atoms with van der Waals surface area (Å²) in [5.74, 6) is -0.252. The lowest BCUT2D eigenvalue weighted by Crippen LogP contribution is -2.36. The maximum absolute atomic E-state index is 13.2. The van der Waals surface area contributed by atoms with Gasteiger partial charge in [0.15, 0.2) is 0 Å². The molecular formula is C14H19FN2O. The number of carbonyl (C=O) groups excluding carboxylic acids is 1. The fraction of sp³-hybridized carbons (Fsp3) is 0.500. The van der Waals surface area contributed by atoms with Crippen LogP contribution in [0.15, 0.2) is 18.2 Å². The Hall–Kier alpha value is -1.42.